The highest BCUT2D eigenvalue weighted by molar-refractivity contribution is 7.16. The van der Waals surface area contributed by atoms with Gasteiger partial charge in [0, 0.05) is 29.5 Å². The minimum absolute atomic E-state index is 0.692. The van der Waals surface area contributed by atoms with Crippen LogP contribution in [0, 0.1) is 0 Å². The number of fused-ring (bicyclic) bond motifs is 2. The molecule has 2 unspecified atom stereocenters. The molecule has 4 heteroatoms. The van der Waals surface area contributed by atoms with Gasteiger partial charge in [-0.05, 0) is 44.9 Å². The van der Waals surface area contributed by atoms with E-state index in [0.29, 0.717) is 6.04 Å². The molecular formula is C14H21ClN2S. The highest BCUT2D eigenvalue weighted by Gasteiger charge is 2.35. The molecule has 2 bridgehead atoms. The van der Waals surface area contributed by atoms with Crippen LogP contribution >= 0.6 is 22.9 Å². The number of nitrogens with zero attached hydrogens (tertiary/aromatic N) is 1. The van der Waals surface area contributed by atoms with E-state index in [-0.39, 0.29) is 0 Å². The van der Waals surface area contributed by atoms with E-state index in [1.165, 1.54) is 37.0 Å². The number of thiophene rings is 1. The summed E-state index contributed by atoms with van der Waals surface area (Å²) in [4.78, 5) is 3.97. The first-order chi connectivity index (χ1) is 8.72. The maximum Gasteiger partial charge on any atom is 0.0931 e. The third-order valence-corrected chi connectivity index (χ3v) is 5.76. The molecule has 3 heterocycles. The molecular weight excluding hydrogens is 264 g/mol. The van der Waals surface area contributed by atoms with E-state index in [1.807, 2.05) is 6.07 Å². The molecule has 1 aromatic rings. The van der Waals surface area contributed by atoms with Crippen molar-refractivity contribution >= 4 is 22.9 Å². The summed E-state index contributed by atoms with van der Waals surface area (Å²) >= 11 is 7.65. The summed E-state index contributed by atoms with van der Waals surface area (Å²) in [5.41, 5.74) is 0. The van der Waals surface area contributed by atoms with E-state index in [2.05, 4.69) is 23.3 Å². The smallest absolute Gasteiger partial charge is 0.0931 e. The van der Waals surface area contributed by atoms with Crippen LogP contribution in [0.25, 0.3) is 0 Å². The molecule has 2 atom stereocenters. The molecule has 0 aromatic carbocycles. The van der Waals surface area contributed by atoms with Crippen molar-refractivity contribution in [2.75, 3.05) is 7.05 Å². The number of halogens is 1. The molecule has 0 aliphatic carbocycles. The fourth-order valence-electron chi connectivity index (χ4n) is 3.47. The Bertz CT molecular complexity index is 392. The Morgan fingerprint density at radius 1 is 1.33 bits per heavy atom. The Morgan fingerprint density at radius 3 is 2.67 bits per heavy atom. The molecule has 3 rings (SSSR count). The summed E-state index contributed by atoms with van der Waals surface area (Å²) in [6.07, 6.45) is 6.82. The van der Waals surface area contributed by atoms with Crippen molar-refractivity contribution in [3.63, 3.8) is 0 Å². The Labute approximate surface area is 118 Å². The van der Waals surface area contributed by atoms with Gasteiger partial charge in [0.05, 0.1) is 4.34 Å². The second kappa shape index (κ2) is 5.49. The van der Waals surface area contributed by atoms with Gasteiger partial charge in [-0.1, -0.05) is 18.0 Å². The topological polar surface area (TPSA) is 15.3 Å². The van der Waals surface area contributed by atoms with Gasteiger partial charge in [0.15, 0.2) is 0 Å². The molecule has 1 N–H and O–H groups in total. The Morgan fingerprint density at radius 2 is 2.06 bits per heavy atom. The molecule has 2 aliphatic heterocycles. The summed E-state index contributed by atoms with van der Waals surface area (Å²) in [6, 6.07) is 6.43. The quantitative estimate of drug-likeness (QED) is 0.914. The molecule has 2 fully saturated rings. The Kier molecular flexibility index (Phi) is 3.94. The highest BCUT2D eigenvalue weighted by Crippen LogP contribution is 2.32. The van der Waals surface area contributed by atoms with E-state index >= 15 is 0 Å². The maximum atomic E-state index is 5.96. The third-order valence-electron chi connectivity index (χ3n) is 4.53. The maximum absolute atomic E-state index is 5.96. The predicted octanol–water partition coefficient (Wildman–Crippen LogP) is 3.51. The van der Waals surface area contributed by atoms with Gasteiger partial charge in [-0.2, -0.15) is 0 Å². The second-order valence-electron chi connectivity index (χ2n) is 5.66. The molecule has 0 saturated carbocycles. The van der Waals surface area contributed by atoms with Crippen molar-refractivity contribution < 1.29 is 0 Å². The van der Waals surface area contributed by atoms with Crippen LogP contribution in [-0.4, -0.2) is 30.1 Å². The minimum atomic E-state index is 0.692. The van der Waals surface area contributed by atoms with Crippen molar-refractivity contribution in [1.82, 2.24) is 10.2 Å². The lowest BCUT2D eigenvalue weighted by atomic mass is 9.82. The van der Waals surface area contributed by atoms with Crippen molar-refractivity contribution in [2.24, 2.45) is 0 Å². The Hall–Kier alpha value is -0.0900. The second-order valence-corrected chi connectivity index (χ2v) is 7.46. The fraction of sp³-hybridized carbons (Fsp3) is 0.714. The van der Waals surface area contributed by atoms with Crippen molar-refractivity contribution in [1.29, 1.82) is 0 Å². The van der Waals surface area contributed by atoms with Crippen LogP contribution in [0.15, 0.2) is 12.1 Å². The van der Waals surface area contributed by atoms with Crippen LogP contribution in [0.3, 0.4) is 0 Å². The molecule has 18 heavy (non-hydrogen) atoms. The van der Waals surface area contributed by atoms with E-state index in [9.17, 15) is 0 Å². The van der Waals surface area contributed by atoms with Gasteiger partial charge in [0.25, 0.3) is 0 Å². The first-order valence-electron chi connectivity index (χ1n) is 6.92. The lowest BCUT2D eigenvalue weighted by molar-refractivity contribution is 0.0483. The van der Waals surface area contributed by atoms with Crippen LogP contribution in [-0.2, 0) is 6.54 Å². The molecule has 1 aromatic heterocycles. The summed E-state index contributed by atoms with van der Waals surface area (Å²) in [6.45, 7) is 0.977. The van der Waals surface area contributed by atoms with E-state index < -0.39 is 0 Å². The Balaban J connectivity index is 1.55. The van der Waals surface area contributed by atoms with Gasteiger partial charge in [-0.15, -0.1) is 11.3 Å². The lowest BCUT2D eigenvalue weighted by Gasteiger charge is -2.47. The van der Waals surface area contributed by atoms with Crippen LogP contribution in [0.4, 0.5) is 0 Å². The number of rotatable bonds is 3. The monoisotopic (exact) mass is 284 g/mol. The zero-order valence-corrected chi connectivity index (χ0v) is 12.4. The summed E-state index contributed by atoms with van der Waals surface area (Å²) in [5, 5.41) is 3.73. The molecule has 100 valence electrons. The van der Waals surface area contributed by atoms with Crippen LogP contribution in [0.5, 0.6) is 0 Å². The van der Waals surface area contributed by atoms with Gasteiger partial charge >= 0.3 is 0 Å². The standard InChI is InChI=1S/C14H21ClN2S/c1-17-11-3-2-4-12(17)8-10(7-11)16-9-13-5-6-14(15)18-13/h5-6,10-12,16H,2-4,7-9H2,1H3. The lowest BCUT2D eigenvalue weighted by Crippen LogP contribution is -2.54. The van der Waals surface area contributed by atoms with Crippen molar-refractivity contribution in [2.45, 2.75) is 56.8 Å². The largest absolute Gasteiger partial charge is 0.309 e. The van der Waals surface area contributed by atoms with Crippen LogP contribution < -0.4 is 5.32 Å². The summed E-state index contributed by atoms with van der Waals surface area (Å²) in [7, 11) is 2.31. The zero-order valence-electron chi connectivity index (χ0n) is 10.9. The van der Waals surface area contributed by atoms with Gasteiger partial charge < -0.3 is 10.2 Å². The normalized spacial score (nSPS) is 32.7. The predicted molar refractivity (Wildman–Crippen MR) is 78.4 cm³/mol. The number of piperidine rings is 2. The highest BCUT2D eigenvalue weighted by atomic mass is 35.5. The average Bonchev–Trinajstić information content (AvgIpc) is 2.73. The van der Waals surface area contributed by atoms with E-state index in [1.54, 1.807) is 11.3 Å². The summed E-state index contributed by atoms with van der Waals surface area (Å²) < 4.78 is 0.895. The minimum Gasteiger partial charge on any atom is -0.309 e. The van der Waals surface area contributed by atoms with Gasteiger partial charge in [-0.25, -0.2) is 0 Å². The molecule has 2 saturated heterocycles. The van der Waals surface area contributed by atoms with Gasteiger partial charge in [0.1, 0.15) is 0 Å². The number of hydrogen-bond acceptors (Lipinski definition) is 3. The first-order valence-corrected chi connectivity index (χ1v) is 8.11. The van der Waals surface area contributed by atoms with Crippen LogP contribution in [0.2, 0.25) is 4.34 Å². The first kappa shape index (κ1) is 12.9. The van der Waals surface area contributed by atoms with E-state index in [4.69, 9.17) is 11.6 Å². The molecule has 0 radical (unpaired) electrons. The average molecular weight is 285 g/mol. The SMILES string of the molecule is CN1C2CCCC1CC(NCc1ccc(Cl)s1)C2. The van der Waals surface area contributed by atoms with Gasteiger partial charge in [0.2, 0.25) is 0 Å². The fourth-order valence-corrected chi connectivity index (χ4v) is 4.51. The number of nitrogens with one attached hydrogen (secondary N) is 1. The summed E-state index contributed by atoms with van der Waals surface area (Å²) in [5.74, 6) is 0. The zero-order chi connectivity index (χ0) is 12.5. The van der Waals surface area contributed by atoms with Crippen molar-refractivity contribution in [3.05, 3.63) is 21.3 Å². The van der Waals surface area contributed by atoms with Gasteiger partial charge in [-0.3, -0.25) is 0 Å². The third kappa shape index (κ3) is 2.74. The van der Waals surface area contributed by atoms with E-state index in [0.717, 1.165) is 23.0 Å². The molecule has 0 amide bonds. The van der Waals surface area contributed by atoms with Crippen LogP contribution in [0.1, 0.15) is 37.0 Å². The van der Waals surface area contributed by atoms with Crippen molar-refractivity contribution in [3.8, 4) is 0 Å². The number of hydrogen-bond donors (Lipinski definition) is 1. The molecule has 2 nitrogen and oxygen atoms in total. The molecule has 0 spiro atoms. The molecule has 2 aliphatic rings.